The van der Waals surface area contributed by atoms with Gasteiger partial charge in [-0.1, -0.05) is 36.4 Å². The minimum absolute atomic E-state index is 0.133. The van der Waals surface area contributed by atoms with E-state index in [-0.39, 0.29) is 13.2 Å². The summed E-state index contributed by atoms with van der Waals surface area (Å²) in [5.41, 5.74) is 1.09. The van der Waals surface area contributed by atoms with E-state index in [9.17, 15) is 0 Å². The molecule has 3 heteroatoms. The molecule has 0 unspecified atom stereocenters. The Kier molecular flexibility index (Phi) is 5.37. The number of aliphatic imine (C=N–C) groups is 1. The van der Waals surface area contributed by atoms with Gasteiger partial charge in [0.2, 0.25) is 0 Å². The van der Waals surface area contributed by atoms with Crippen LogP contribution in [0.25, 0.3) is 6.08 Å². The third-order valence-electron chi connectivity index (χ3n) is 1.89. The zero-order valence-electron chi connectivity index (χ0n) is 8.45. The van der Waals surface area contributed by atoms with E-state index < -0.39 is 6.04 Å². The molecule has 0 heterocycles. The minimum Gasteiger partial charge on any atom is -0.394 e. The number of aliphatic hydroxyl groups is 2. The van der Waals surface area contributed by atoms with Crippen molar-refractivity contribution < 1.29 is 10.2 Å². The Bertz CT molecular complexity index is 316. The second-order valence-electron chi connectivity index (χ2n) is 3.09. The Morgan fingerprint density at radius 3 is 2.40 bits per heavy atom. The topological polar surface area (TPSA) is 52.8 Å². The number of rotatable bonds is 5. The van der Waals surface area contributed by atoms with Gasteiger partial charge in [-0.2, -0.15) is 0 Å². The van der Waals surface area contributed by atoms with Gasteiger partial charge < -0.3 is 10.2 Å². The van der Waals surface area contributed by atoms with Gasteiger partial charge in [-0.25, -0.2) is 0 Å². The normalized spacial score (nSPS) is 11.9. The van der Waals surface area contributed by atoms with Crippen molar-refractivity contribution >= 4 is 12.3 Å². The molecule has 1 aromatic carbocycles. The number of nitrogens with zero attached hydrogens (tertiary/aromatic N) is 1. The number of hydrogen-bond acceptors (Lipinski definition) is 3. The van der Waals surface area contributed by atoms with Crippen LogP contribution in [0, 0.1) is 0 Å². The molecule has 1 aromatic rings. The van der Waals surface area contributed by atoms with Gasteiger partial charge in [0, 0.05) is 6.21 Å². The highest BCUT2D eigenvalue weighted by Gasteiger charge is 1.98. The van der Waals surface area contributed by atoms with E-state index in [4.69, 9.17) is 10.2 Å². The number of aliphatic hydroxyl groups excluding tert-OH is 2. The summed E-state index contributed by atoms with van der Waals surface area (Å²) in [5.74, 6) is 0. The Hall–Kier alpha value is -1.45. The van der Waals surface area contributed by atoms with Gasteiger partial charge in [0.15, 0.2) is 0 Å². The van der Waals surface area contributed by atoms with Crippen LogP contribution in [0.5, 0.6) is 0 Å². The molecule has 0 aromatic heterocycles. The molecule has 0 bridgehead atoms. The fourth-order valence-electron chi connectivity index (χ4n) is 1.04. The standard InChI is InChI=1S/C12H15NO2/c14-9-12(10-15)13-8-4-7-11-5-2-1-3-6-11/h1-8,12,14-15H,9-10H2/b7-4+,13-8+. The summed E-state index contributed by atoms with van der Waals surface area (Å²) in [7, 11) is 0. The van der Waals surface area contributed by atoms with Crippen LogP contribution in [0.3, 0.4) is 0 Å². The Labute approximate surface area is 89.4 Å². The Morgan fingerprint density at radius 2 is 1.80 bits per heavy atom. The predicted molar refractivity (Wildman–Crippen MR) is 61.9 cm³/mol. The van der Waals surface area contributed by atoms with Crippen LogP contribution in [0.2, 0.25) is 0 Å². The molecule has 3 nitrogen and oxygen atoms in total. The summed E-state index contributed by atoms with van der Waals surface area (Å²) in [6, 6.07) is 9.44. The largest absolute Gasteiger partial charge is 0.394 e. The van der Waals surface area contributed by atoms with Crippen LogP contribution >= 0.6 is 0 Å². The van der Waals surface area contributed by atoms with Gasteiger partial charge in [0.05, 0.1) is 19.3 Å². The molecule has 0 spiro atoms. The smallest absolute Gasteiger partial charge is 0.0960 e. The monoisotopic (exact) mass is 205 g/mol. The summed E-state index contributed by atoms with van der Waals surface area (Å²) in [6.45, 7) is -0.266. The lowest BCUT2D eigenvalue weighted by molar-refractivity contribution is 0.195. The van der Waals surface area contributed by atoms with Gasteiger partial charge in [-0.05, 0) is 11.6 Å². The second-order valence-corrected chi connectivity index (χ2v) is 3.09. The molecule has 15 heavy (non-hydrogen) atoms. The molecule has 0 aliphatic rings. The predicted octanol–water partition coefficient (Wildman–Crippen LogP) is 1.12. The van der Waals surface area contributed by atoms with Crippen LogP contribution in [-0.4, -0.2) is 35.7 Å². The first kappa shape index (κ1) is 11.6. The molecule has 0 radical (unpaired) electrons. The maximum Gasteiger partial charge on any atom is 0.0960 e. The number of benzene rings is 1. The lowest BCUT2D eigenvalue weighted by Gasteiger charge is -2.01. The molecule has 0 aliphatic heterocycles. The first-order valence-electron chi connectivity index (χ1n) is 4.83. The number of allylic oxidation sites excluding steroid dienone is 1. The van der Waals surface area contributed by atoms with Gasteiger partial charge in [-0.3, -0.25) is 4.99 Å². The molecule has 0 aliphatic carbocycles. The molecule has 0 amide bonds. The van der Waals surface area contributed by atoms with Crippen LogP contribution in [0.4, 0.5) is 0 Å². The highest BCUT2D eigenvalue weighted by Crippen LogP contribution is 1.99. The molecular formula is C12H15NO2. The Morgan fingerprint density at radius 1 is 1.13 bits per heavy atom. The average Bonchev–Trinajstić information content (AvgIpc) is 2.31. The van der Waals surface area contributed by atoms with E-state index >= 15 is 0 Å². The van der Waals surface area contributed by atoms with E-state index in [0.29, 0.717) is 0 Å². The molecule has 0 fully saturated rings. The molecule has 0 saturated heterocycles. The first-order valence-corrected chi connectivity index (χ1v) is 4.83. The maximum absolute atomic E-state index is 8.74. The van der Waals surface area contributed by atoms with Crippen molar-refractivity contribution in [2.45, 2.75) is 6.04 Å². The zero-order chi connectivity index (χ0) is 10.9. The number of hydrogen-bond donors (Lipinski definition) is 2. The van der Waals surface area contributed by atoms with E-state index in [1.165, 1.54) is 0 Å². The Balaban J connectivity index is 2.46. The van der Waals surface area contributed by atoms with Crippen LogP contribution in [0.1, 0.15) is 5.56 Å². The average molecular weight is 205 g/mol. The van der Waals surface area contributed by atoms with Crippen molar-refractivity contribution in [1.82, 2.24) is 0 Å². The lowest BCUT2D eigenvalue weighted by Crippen LogP contribution is -2.14. The van der Waals surface area contributed by atoms with Crippen molar-refractivity contribution in [3.8, 4) is 0 Å². The molecule has 0 atom stereocenters. The van der Waals surface area contributed by atoms with E-state index in [1.54, 1.807) is 12.3 Å². The van der Waals surface area contributed by atoms with Crippen molar-refractivity contribution in [1.29, 1.82) is 0 Å². The fourth-order valence-corrected chi connectivity index (χ4v) is 1.04. The van der Waals surface area contributed by atoms with Crippen molar-refractivity contribution in [3.63, 3.8) is 0 Å². The molecule has 1 rings (SSSR count). The van der Waals surface area contributed by atoms with Gasteiger partial charge in [0.25, 0.3) is 0 Å². The first-order chi connectivity index (χ1) is 7.36. The van der Waals surface area contributed by atoms with Crippen LogP contribution in [0.15, 0.2) is 41.4 Å². The van der Waals surface area contributed by atoms with Gasteiger partial charge >= 0.3 is 0 Å². The third-order valence-corrected chi connectivity index (χ3v) is 1.89. The SMILES string of the molecule is OCC(CO)/N=C/C=C/c1ccccc1. The summed E-state index contributed by atoms with van der Waals surface area (Å²) in [6.07, 6.45) is 5.28. The minimum atomic E-state index is -0.412. The maximum atomic E-state index is 8.74. The van der Waals surface area contributed by atoms with Crippen LogP contribution < -0.4 is 0 Å². The van der Waals surface area contributed by atoms with Gasteiger partial charge in [-0.15, -0.1) is 0 Å². The van der Waals surface area contributed by atoms with E-state index in [2.05, 4.69) is 4.99 Å². The van der Waals surface area contributed by atoms with Crippen molar-refractivity contribution in [2.75, 3.05) is 13.2 Å². The molecule has 80 valence electrons. The van der Waals surface area contributed by atoms with Crippen molar-refractivity contribution in [3.05, 3.63) is 42.0 Å². The highest BCUT2D eigenvalue weighted by molar-refractivity contribution is 5.78. The summed E-state index contributed by atoms with van der Waals surface area (Å²) >= 11 is 0. The quantitative estimate of drug-likeness (QED) is 0.708. The summed E-state index contributed by atoms with van der Waals surface area (Å²) in [4.78, 5) is 3.96. The zero-order valence-corrected chi connectivity index (χ0v) is 8.45. The van der Waals surface area contributed by atoms with Gasteiger partial charge in [0.1, 0.15) is 0 Å². The molecule has 0 saturated carbocycles. The summed E-state index contributed by atoms with van der Waals surface area (Å²) in [5, 5.41) is 17.5. The third kappa shape index (κ3) is 4.54. The fraction of sp³-hybridized carbons (Fsp3) is 0.250. The summed E-state index contributed by atoms with van der Waals surface area (Å²) < 4.78 is 0. The molecular weight excluding hydrogens is 190 g/mol. The molecule has 2 N–H and O–H groups in total. The van der Waals surface area contributed by atoms with Crippen molar-refractivity contribution in [2.24, 2.45) is 4.99 Å². The van der Waals surface area contributed by atoms with E-state index in [0.717, 1.165) is 5.56 Å². The second kappa shape index (κ2) is 6.92. The van der Waals surface area contributed by atoms with E-state index in [1.807, 2.05) is 36.4 Å². The van der Waals surface area contributed by atoms with Crippen LogP contribution in [-0.2, 0) is 0 Å². The highest BCUT2D eigenvalue weighted by atomic mass is 16.3. The lowest BCUT2D eigenvalue weighted by atomic mass is 10.2.